The third-order valence-corrected chi connectivity index (χ3v) is 4.07. The van der Waals surface area contributed by atoms with E-state index in [2.05, 4.69) is 77.6 Å². The highest BCUT2D eigenvalue weighted by atomic mass is 14.2. The lowest BCUT2D eigenvalue weighted by Crippen LogP contribution is -2.10. The molecule has 1 aromatic rings. The predicted molar refractivity (Wildman–Crippen MR) is 95.7 cm³/mol. The Morgan fingerprint density at radius 1 is 1.14 bits per heavy atom. The topological polar surface area (TPSA) is 0 Å². The van der Waals surface area contributed by atoms with Crippen molar-refractivity contribution in [2.75, 3.05) is 0 Å². The first-order valence-electron chi connectivity index (χ1n) is 7.90. The van der Waals surface area contributed by atoms with E-state index in [4.69, 9.17) is 0 Å². The van der Waals surface area contributed by atoms with Crippen molar-refractivity contribution in [3.05, 3.63) is 71.8 Å². The van der Waals surface area contributed by atoms with Crippen molar-refractivity contribution >= 4 is 0 Å². The number of benzene rings is 1. The van der Waals surface area contributed by atoms with E-state index in [0.717, 1.165) is 6.42 Å². The Morgan fingerprint density at radius 3 is 2.29 bits per heavy atom. The zero-order chi connectivity index (χ0) is 15.9. The lowest BCUT2D eigenvalue weighted by Gasteiger charge is -2.19. The molecule has 1 atom stereocenters. The summed E-state index contributed by atoms with van der Waals surface area (Å²) in [5.74, 6) is 0.613. The maximum absolute atomic E-state index is 3.69. The molecule has 0 radical (unpaired) electrons. The molecule has 0 spiro atoms. The van der Waals surface area contributed by atoms with E-state index in [1.165, 1.54) is 23.1 Å². The Labute approximate surface area is 131 Å². The summed E-state index contributed by atoms with van der Waals surface area (Å²) in [7, 11) is 0. The summed E-state index contributed by atoms with van der Waals surface area (Å²) in [6.07, 6.45) is 10.4. The maximum atomic E-state index is 3.69. The zero-order valence-electron chi connectivity index (χ0n) is 14.3. The molecule has 0 aliphatic carbocycles. The van der Waals surface area contributed by atoms with Crippen LogP contribution in [0.4, 0.5) is 0 Å². The number of hydrogen-bond donors (Lipinski definition) is 0. The molecule has 0 nitrogen and oxygen atoms in total. The van der Waals surface area contributed by atoms with Gasteiger partial charge in [0, 0.05) is 0 Å². The van der Waals surface area contributed by atoms with Gasteiger partial charge in [-0.3, -0.25) is 0 Å². The van der Waals surface area contributed by atoms with Crippen LogP contribution in [-0.2, 0) is 11.8 Å². The molecule has 0 heteroatoms. The van der Waals surface area contributed by atoms with Gasteiger partial charge in [0.1, 0.15) is 0 Å². The number of aryl methyl sites for hydroxylation is 1. The molecule has 0 aromatic heterocycles. The average Bonchev–Trinajstić information content (AvgIpc) is 2.44. The molecule has 0 saturated carbocycles. The summed E-state index contributed by atoms with van der Waals surface area (Å²) in [5, 5.41) is 0. The van der Waals surface area contributed by atoms with Crippen molar-refractivity contribution in [2.45, 2.75) is 52.9 Å². The first kappa shape index (κ1) is 17.5. The molecule has 0 saturated heterocycles. The van der Waals surface area contributed by atoms with Gasteiger partial charge in [-0.1, -0.05) is 88.4 Å². The minimum atomic E-state index is 0.239. The standard InChI is InChI=1S/C21H30/c1-7-8-9-10-17(2)18(3)11-12-19-13-15-20(16-14-19)21(4,5)6/h7-10,13-16,18H,1,11-12H2,2-6H3/b9-8-,17-10+. The number of hydrogen-bond acceptors (Lipinski definition) is 0. The van der Waals surface area contributed by atoms with Crippen molar-refractivity contribution in [2.24, 2.45) is 5.92 Å². The van der Waals surface area contributed by atoms with Gasteiger partial charge in [-0.15, -0.1) is 0 Å². The normalized spacial score (nSPS) is 14.4. The van der Waals surface area contributed by atoms with Gasteiger partial charge in [0.05, 0.1) is 0 Å². The monoisotopic (exact) mass is 282 g/mol. The van der Waals surface area contributed by atoms with Gasteiger partial charge < -0.3 is 0 Å². The summed E-state index contributed by atoms with van der Waals surface area (Å²) < 4.78 is 0. The number of rotatable bonds is 6. The molecule has 0 aliphatic rings. The number of allylic oxidation sites excluding steroid dienone is 5. The van der Waals surface area contributed by atoms with E-state index < -0.39 is 0 Å². The van der Waals surface area contributed by atoms with Crippen LogP contribution in [0.15, 0.2) is 60.7 Å². The summed E-state index contributed by atoms with van der Waals surface area (Å²) in [5.41, 5.74) is 4.51. The largest absolute Gasteiger partial charge is 0.0991 e. The third kappa shape index (κ3) is 6.16. The smallest absolute Gasteiger partial charge is 0.0132 e. The maximum Gasteiger partial charge on any atom is -0.0132 e. The molecule has 114 valence electrons. The summed E-state index contributed by atoms with van der Waals surface area (Å²) in [6.45, 7) is 15.0. The van der Waals surface area contributed by atoms with Crippen LogP contribution in [0, 0.1) is 5.92 Å². The molecular formula is C21H30. The molecule has 1 rings (SSSR count). The minimum Gasteiger partial charge on any atom is -0.0991 e. The molecule has 21 heavy (non-hydrogen) atoms. The molecule has 1 unspecified atom stereocenters. The highest BCUT2D eigenvalue weighted by Crippen LogP contribution is 2.23. The second kappa shape index (κ2) is 8.02. The van der Waals surface area contributed by atoms with Gasteiger partial charge in [-0.25, -0.2) is 0 Å². The lowest BCUT2D eigenvalue weighted by molar-refractivity contribution is 0.588. The van der Waals surface area contributed by atoms with Crippen molar-refractivity contribution in [1.29, 1.82) is 0 Å². The molecular weight excluding hydrogens is 252 g/mol. The molecule has 0 fully saturated rings. The molecule has 0 N–H and O–H groups in total. The van der Waals surface area contributed by atoms with Crippen LogP contribution in [-0.4, -0.2) is 0 Å². The van der Waals surface area contributed by atoms with Gasteiger partial charge in [0.15, 0.2) is 0 Å². The van der Waals surface area contributed by atoms with Crippen molar-refractivity contribution in [3.63, 3.8) is 0 Å². The van der Waals surface area contributed by atoms with Gasteiger partial charge in [-0.05, 0) is 42.2 Å². The quantitative estimate of drug-likeness (QED) is 0.542. The van der Waals surface area contributed by atoms with Crippen LogP contribution < -0.4 is 0 Å². The van der Waals surface area contributed by atoms with Crippen molar-refractivity contribution < 1.29 is 0 Å². The molecule has 1 aromatic carbocycles. The van der Waals surface area contributed by atoms with E-state index in [1.54, 1.807) is 0 Å². The Kier molecular flexibility index (Phi) is 6.68. The third-order valence-electron chi connectivity index (χ3n) is 4.07. The molecule has 0 bridgehead atoms. The average molecular weight is 282 g/mol. The molecule has 0 aliphatic heterocycles. The van der Waals surface area contributed by atoms with Crippen LogP contribution in [0.25, 0.3) is 0 Å². The lowest BCUT2D eigenvalue weighted by atomic mass is 9.86. The van der Waals surface area contributed by atoms with Gasteiger partial charge >= 0.3 is 0 Å². The van der Waals surface area contributed by atoms with Crippen molar-refractivity contribution in [3.8, 4) is 0 Å². The SMILES string of the molecule is C=C/C=C\C=C(/C)C(C)CCc1ccc(C(C)(C)C)cc1. The van der Waals surface area contributed by atoms with E-state index in [0.29, 0.717) is 5.92 Å². The Balaban J connectivity index is 2.57. The van der Waals surface area contributed by atoms with Crippen LogP contribution in [0.1, 0.15) is 52.2 Å². The van der Waals surface area contributed by atoms with E-state index >= 15 is 0 Å². The van der Waals surface area contributed by atoms with Crippen LogP contribution in [0.2, 0.25) is 0 Å². The van der Waals surface area contributed by atoms with E-state index in [-0.39, 0.29) is 5.41 Å². The predicted octanol–water partition coefficient (Wildman–Crippen LogP) is 6.24. The van der Waals surface area contributed by atoms with E-state index in [9.17, 15) is 0 Å². The minimum absolute atomic E-state index is 0.239. The van der Waals surface area contributed by atoms with Crippen LogP contribution in [0.3, 0.4) is 0 Å². The second-order valence-corrected chi connectivity index (χ2v) is 6.92. The Bertz CT molecular complexity index is 492. The Morgan fingerprint density at radius 2 is 1.76 bits per heavy atom. The Hall–Kier alpha value is -1.56. The van der Waals surface area contributed by atoms with Crippen LogP contribution >= 0.6 is 0 Å². The zero-order valence-corrected chi connectivity index (χ0v) is 14.3. The first-order valence-corrected chi connectivity index (χ1v) is 7.90. The summed E-state index contributed by atoms with van der Waals surface area (Å²) >= 11 is 0. The van der Waals surface area contributed by atoms with Gasteiger partial charge in [0.25, 0.3) is 0 Å². The van der Waals surface area contributed by atoms with Crippen LogP contribution in [0.5, 0.6) is 0 Å². The highest BCUT2D eigenvalue weighted by Gasteiger charge is 2.13. The highest BCUT2D eigenvalue weighted by molar-refractivity contribution is 5.27. The fourth-order valence-corrected chi connectivity index (χ4v) is 2.23. The molecule has 0 heterocycles. The second-order valence-electron chi connectivity index (χ2n) is 6.92. The molecule has 0 amide bonds. The van der Waals surface area contributed by atoms with Gasteiger partial charge in [0.2, 0.25) is 0 Å². The summed E-state index contributed by atoms with van der Waals surface area (Å²) in [6, 6.07) is 9.11. The van der Waals surface area contributed by atoms with Crippen molar-refractivity contribution in [1.82, 2.24) is 0 Å². The van der Waals surface area contributed by atoms with Gasteiger partial charge in [-0.2, -0.15) is 0 Å². The fraction of sp³-hybridized carbons (Fsp3) is 0.429. The van der Waals surface area contributed by atoms with E-state index in [1.807, 2.05) is 12.2 Å². The fourth-order valence-electron chi connectivity index (χ4n) is 2.23. The summed E-state index contributed by atoms with van der Waals surface area (Å²) in [4.78, 5) is 0. The first-order chi connectivity index (χ1) is 9.84.